The number of aromatic nitrogens is 1. The molecular weight excluding hydrogens is 452 g/mol. The summed E-state index contributed by atoms with van der Waals surface area (Å²) in [7, 11) is 0. The molecule has 0 amide bonds. The molecule has 2 N–H and O–H groups in total. The number of nitrogens with two attached hydrogens (primary N) is 1. The van der Waals surface area contributed by atoms with Gasteiger partial charge in [-0.3, -0.25) is 4.99 Å². The summed E-state index contributed by atoms with van der Waals surface area (Å²) in [5.41, 5.74) is 7.10. The van der Waals surface area contributed by atoms with Crippen molar-refractivity contribution < 1.29 is 4.39 Å². The lowest BCUT2D eigenvalue weighted by Crippen LogP contribution is -2.51. The molecule has 5 nitrogen and oxygen atoms in total. The van der Waals surface area contributed by atoms with Gasteiger partial charge in [0.1, 0.15) is 5.82 Å². The zero-order valence-corrected chi connectivity index (χ0v) is 17.1. The van der Waals surface area contributed by atoms with E-state index in [1.165, 1.54) is 6.07 Å². The number of aryl methyl sites for hydroxylation is 1. The van der Waals surface area contributed by atoms with E-state index in [4.69, 9.17) is 5.73 Å². The van der Waals surface area contributed by atoms with Crippen LogP contribution in [-0.2, 0) is 6.42 Å². The van der Waals surface area contributed by atoms with Gasteiger partial charge in [-0.05, 0) is 30.5 Å². The SMILES string of the molecule is I.NC(=NCCCc1cccc(F)c1)N1CCN(c2nccs2)CC1. The first-order chi connectivity index (χ1) is 11.7. The van der Waals surface area contributed by atoms with Crippen molar-refractivity contribution in [2.45, 2.75) is 12.8 Å². The summed E-state index contributed by atoms with van der Waals surface area (Å²) < 4.78 is 13.1. The minimum absolute atomic E-state index is 0. The second-order valence-electron chi connectivity index (χ2n) is 5.76. The molecule has 2 heterocycles. The molecule has 1 aromatic heterocycles. The van der Waals surface area contributed by atoms with Gasteiger partial charge in [0.15, 0.2) is 11.1 Å². The van der Waals surface area contributed by atoms with Crippen molar-refractivity contribution in [1.82, 2.24) is 9.88 Å². The fraction of sp³-hybridized carbons (Fsp3) is 0.412. The zero-order valence-electron chi connectivity index (χ0n) is 14.0. The molecule has 0 unspecified atom stereocenters. The van der Waals surface area contributed by atoms with Crippen LogP contribution in [0.5, 0.6) is 0 Å². The minimum atomic E-state index is -0.186. The van der Waals surface area contributed by atoms with Crippen molar-refractivity contribution in [2.75, 3.05) is 37.6 Å². The monoisotopic (exact) mass is 475 g/mol. The summed E-state index contributed by atoms with van der Waals surface area (Å²) in [6.07, 6.45) is 3.51. The number of hydrogen-bond acceptors (Lipinski definition) is 4. The predicted molar refractivity (Wildman–Crippen MR) is 113 cm³/mol. The number of hydrogen-bond donors (Lipinski definition) is 1. The highest BCUT2D eigenvalue weighted by Gasteiger charge is 2.19. The Morgan fingerprint density at radius 3 is 2.76 bits per heavy atom. The maximum atomic E-state index is 13.1. The van der Waals surface area contributed by atoms with Crippen LogP contribution in [0.3, 0.4) is 0 Å². The lowest BCUT2D eigenvalue weighted by Gasteiger charge is -2.35. The Bertz CT molecular complexity index is 671. The van der Waals surface area contributed by atoms with Gasteiger partial charge in [-0.15, -0.1) is 35.3 Å². The number of thiazole rings is 1. The third kappa shape index (κ3) is 5.81. The molecule has 136 valence electrons. The number of aliphatic imine (C=N–C) groups is 1. The summed E-state index contributed by atoms with van der Waals surface area (Å²) in [6, 6.07) is 6.72. The highest BCUT2D eigenvalue weighted by Crippen LogP contribution is 2.18. The Hall–Kier alpha value is -1.42. The lowest BCUT2D eigenvalue weighted by molar-refractivity contribution is 0.380. The molecule has 0 radical (unpaired) electrons. The van der Waals surface area contributed by atoms with Crippen LogP contribution in [0.4, 0.5) is 9.52 Å². The minimum Gasteiger partial charge on any atom is -0.370 e. The van der Waals surface area contributed by atoms with Crippen LogP contribution >= 0.6 is 35.3 Å². The molecule has 1 saturated heterocycles. The van der Waals surface area contributed by atoms with Crippen LogP contribution < -0.4 is 10.6 Å². The van der Waals surface area contributed by atoms with E-state index in [1.54, 1.807) is 23.5 Å². The average molecular weight is 475 g/mol. The number of halogens is 2. The van der Waals surface area contributed by atoms with E-state index in [-0.39, 0.29) is 29.8 Å². The Labute approximate surface area is 168 Å². The summed E-state index contributed by atoms with van der Waals surface area (Å²) in [4.78, 5) is 13.2. The van der Waals surface area contributed by atoms with E-state index >= 15 is 0 Å². The molecule has 2 aromatic rings. The molecule has 0 aliphatic carbocycles. The van der Waals surface area contributed by atoms with Crippen LogP contribution in [-0.4, -0.2) is 48.6 Å². The number of piperazine rings is 1. The standard InChI is InChI=1S/C17H22FN5S.HI/c18-15-5-1-3-14(13-15)4-2-6-20-16(19)22-8-10-23(11-9-22)17-21-7-12-24-17;/h1,3,5,7,12-13H,2,4,6,8-11H2,(H2,19,20);1H. The van der Waals surface area contributed by atoms with E-state index in [1.807, 2.05) is 17.6 Å². The second kappa shape index (κ2) is 9.91. The van der Waals surface area contributed by atoms with Crippen LogP contribution in [0.15, 0.2) is 40.8 Å². The number of benzene rings is 1. The average Bonchev–Trinajstić information content (AvgIpc) is 3.13. The molecule has 3 rings (SSSR count). The smallest absolute Gasteiger partial charge is 0.191 e. The van der Waals surface area contributed by atoms with Crippen molar-refractivity contribution in [3.8, 4) is 0 Å². The first-order valence-electron chi connectivity index (χ1n) is 8.16. The second-order valence-corrected chi connectivity index (χ2v) is 6.64. The van der Waals surface area contributed by atoms with Gasteiger partial charge in [0.2, 0.25) is 0 Å². The summed E-state index contributed by atoms with van der Waals surface area (Å²) in [6.45, 7) is 4.20. The summed E-state index contributed by atoms with van der Waals surface area (Å²) in [5.74, 6) is 0.418. The number of rotatable bonds is 5. The number of nitrogens with zero attached hydrogens (tertiary/aromatic N) is 4. The lowest BCUT2D eigenvalue weighted by atomic mass is 10.1. The first-order valence-corrected chi connectivity index (χ1v) is 9.04. The molecule has 1 aromatic carbocycles. The van der Waals surface area contributed by atoms with E-state index in [0.717, 1.165) is 49.7 Å². The van der Waals surface area contributed by atoms with E-state index < -0.39 is 0 Å². The highest BCUT2D eigenvalue weighted by molar-refractivity contribution is 14.0. The van der Waals surface area contributed by atoms with Gasteiger partial charge in [0, 0.05) is 44.3 Å². The summed E-state index contributed by atoms with van der Waals surface area (Å²) >= 11 is 1.66. The van der Waals surface area contributed by atoms with Crippen molar-refractivity contribution >= 4 is 46.4 Å². The third-order valence-corrected chi connectivity index (χ3v) is 4.91. The van der Waals surface area contributed by atoms with Gasteiger partial charge >= 0.3 is 0 Å². The van der Waals surface area contributed by atoms with Gasteiger partial charge in [-0.25, -0.2) is 9.37 Å². The fourth-order valence-electron chi connectivity index (χ4n) is 2.77. The molecule has 25 heavy (non-hydrogen) atoms. The normalized spacial score (nSPS) is 15.2. The highest BCUT2D eigenvalue weighted by atomic mass is 127. The van der Waals surface area contributed by atoms with Crippen LogP contribution in [0.1, 0.15) is 12.0 Å². The van der Waals surface area contributed by atoms with Crippen LogP contribution in [0, 0.1) is 5.82 Å². The first kappa shape index (κ1) is 19.9. The van der Waals surface area contributed by atoms with Crippen LogP contribution in [0.25, 0.3) is 0 Å². The van der Waals surface area contributed by atoms with Crippen molar-refractivity contribution in [3.63, 3.8) is 0 Å². The van der Waals surface area contributed by atoms with Crippen LogP contribution in [0.2, 0.25) is 0 Å². The molecule has 0 spiro atoms. The van der Waals surface area contributed by atoms with E-state index in [9.17, 15) is 4.39 Å². The van der Waals surface area contributed by atoms with Crippen molar-refractivity contribution in [2.24, 2.45) is 10.7 Å². The topological polar surface area (TPSA) is 57.8 Å². The van der Waals surface area contributed by atoms with E-state index in [0.29, 0.717) is 12.5 Å². The molecule has 0 bridgehead atoms. The van der Waals surface area contributed by atoms with Gasteiger partial charge in [-0.2, -0.15) is 0 Å². The van der Waals surface area contributed by atoms with Gasteiger partial charge in [0.25, 0.3) is 0 Å². The Balaban J connectivity index is 0.00000225. The maximum Gasteiger partial charge on any atom is 0.191 e. The molecule has 0 saturated carbocycles. The number of guanidine groups is 1. The van der Waals surface area contributed by atoms with Crippen molar-refractivity contribution in [3.05, 3.63) is 47.2 Å². The summed E-state index contributed by atoms with van der Waals surface area (Å²) in [5, 5.41) is 3.07. The maximum absolute atomic E-state index is 13.1. The molecule has 0 atom stereocenters. The molecule has 1 aliphatic rings. The van der Waals surface area contributed by atoms with Gasteiger partial charge in [-0.1, -0.05) is 12.1 Å². The predicted octanol–water partition coefficient (Wildman–Crippen LogP) is 2.97. The fourth-order valence-corrected chi connectivity index (χ4v) is 3.46. The molecule has 8 heteroatoms. The number of anilines is 1. The molecule has 1 aliphatic heterocycles. The van der Waals surface area contributed by atoms with E-state index in [2.05, 4.69) is 19.8 Å². The van der Waals surface area contributed by atoms with Gasteiger partial charge in [0.05, 0.1) is 0 Å². The third-order valence-electron chi connectivity index (χ3n) is 4.08. The Morgan fingerprint density at radius 2 is 2.08 bits per heavy atom. The molecular formula is C17H23FIN5S. The zero-order chi connectivity index (χ0) is 16.8. The van der Waals surface area contributed by atoms with Gasteiger partial charge < -0.3 is 15.5 Å². The Morgan fingerprint density at radius 1 is 1.28 bits per heavy atom. The molecule has 1 fully saturated rings. The quantitative estimate of drug-likeness (QED) is 0.313. The Kier molecular flexibility index (Phi) is 7.89. The van der Waals surface area contributed by atoms with Crippen molar-refractivity contribution in [1.29, 1.82) is 0 Å². The largest absolute Gasteiger partial charge is 0.370 e.